The van der Waals surface area contributed by atoms with Crippen molar-refractivity contribution >= 4 is 10.9 Å². The number of nitrogens with one attached hydrogen (secondary N) is 1. The van der Waals surface area contributed by atoms with Crippen molar-refractivity contribution in [2.45, 2.75) is 38.8 Å². The molecule has 0 aliphatic rings. The molecule has 20 heavy (non-hydrogen) atoms. The summed E-state index contributed by atoms with van der Waals surface area (Å²) < 4.78 is 5.59. The molecule has 2 aromatic rings. The van der Waals surface area contributed by atoms with Gasteiger partial charge in [0.15, 0.2) is 0 Å². The molecular formula is C17H24N2O. The number of fused-ring (bicyclic) bond motifs is 1. The van der Waals surface area contributed by atoms with Gasteiger partial charge in [-0.05, 0) is 38.4 Å². The Morgan fingerprint density at radius 1 is 1.25 bits per heavy atom. The van der Waals surface area contributed by atoms with Crippen molar-refractivity contribution < 1.29 is 4.74 Å². The lowest BCUT2D eigenvalue weighted by Crippen LogP contribution is -2.32. The smallest absolute Gasteiger partial charge is 0.0749 e. The topological polar surface area (TPSA) is 34.1 Å². The minimum Gasteiger partial charge on any atom is -0.379 e. The highest BCUT2D eigenvalue weighted by molar-refractivity contribution is 5.82. The first-order valence-corrected chi connectivity index (χ1v) is 7.19. The van der Waals surface area contributed by atoms with E-state index in [2.05, 4.69) is 55.3 Å². The van der Waals surface area contributed by atoms with Crippen LogP contribution in [0.25, 0.3) is 10.9 Å². The maximum atomic E-state index is 5.59. The number of methoxy groups -OCH3 is 1. The van der Waals surface area contributed by atoms with Gasteiger partial charge in [0.1, 0.15) is 0 Å². The van der Waals surface area contributed by atoms with E-state index in [0.717, 1.165) is 18.5 Å². The van der Waals surface area contributed by atoms with Gasteiger partial charge in [0, 0.05) is 24.7 Å². The van der Waals surface area contributed by atoms with Gasteiger partial charge in [0.05, 0.1) is 11.1 Å². The minimum atomic E-state index is -0.163. The van der Waals surface area contributed by atoms with Crippen LogP contribution in [0.3, 0.4) is 0 Å². The second kappa shape index (κ2) is 6.33. The fraction of sp³-hybridized carbons (Fsp3) is 0.471. The first-order valence-electron chi connectivity index (χ1n) is 7.19. The monoisotopic (exact) mass is 272 g/mol. The first kappa shape index (κ1) is 14.9. The predicted molar refractivity (Wildman–Crippen MR) is 83.9 cm³/mol. The van der Waals surface area contributed by atoms with Crippen LogP contribution in [0.5, 0.6) is 0 Å². The zero-order valence-corrected chi connectivity index (χ0v) is 12.8. The van der Waals surface area contributed by atoms with Crippen molar-refractivity contribution in [3.8, 4) is 0 Å². The third kappa shape index (κ3) is 3.35. The van der Waals surface area contributed by atoms with E-state index in [-0.39, 0.29) is 11.6 Å². The number of hydrogen-bond acceptors (Lipinski definition) is 3. The van der Waals surface area contributed by atoms with Gasteiger partial charge in [-0.1, -0.05) is 31.2 Å². The summed E-state index contributed by atoms with van der Waals surface area (Å²) in [7, 11) is 1.77. The number of ether oxygens (including phenoxy) is 1. The van der Waals surface area contributed by atoms with E-state index >= 15 is 0 Å². The van der Waals surface area contributed by atoms with Crippen LogP contribution in [-0.2, 0) is 4.74 Å². The Morgan fingerprint density at radius 2 is 2.00 bits per heavy atom. The highest BCUT2D eigenvalue weighted by Gasteiger charge is 2.24. The number of hydrogen-bond donors (Lipinski definition) is 1. The van der Waals surface area contributed by atoms with Crippen LogP contribution < -0.4 is 5.32 Å². The molecule has 0 amide bonds. The average Bonchev–Trinajstić information content (AvgIpc) is 2.46. The highest BCUT2D eigenvalue weighted by Crippen LogP contribution is 2.29. The largest absolute Gasteiger partial charge is 0.379 e. The zero-order chi connectivity index (χ0) is 14.6. The summed E-state index contributed by atoms with van der Waals surface area (Å²) in [5.41, 5.74) is 2.16. The van der Waals surface area contributed by atoms with Gasteiger partial charge in [-0.2, -0.15) is 0 Å². The van der Waals surface area contributed by atoms with Gasteiger partial charge in [-0.25, -0.2) is 0 Å². The van der Waals surface area contributed by atoms with Crippen molar-refractivity contribution in [3.05, 3.63) is 42.1 Å². The van der Waals surface area contributed by atoms with Crippen molar-refractivity contribution in [2.24, 2.45) is 0 Å². The van der Waals surface area contributed by atoms with Crippen LogP contribution in [-0.4, -0.2) is 24.2 Å². The predicted octanol–water partition coefficient (Wildman–Crippen LogP) is 3.70. The van der Waals surface area contributed by atoms with Crippen LogP contribution in [0.15, 0.2) is 36.5 Å². The quantitative estimate of drug-likeness (QED) is 0.870. The van der Waals surface area contributed by atoms with Crippen molar-refractivity contribution in [1.82, 2.24) is 10.3 Å². The number of para-hydroxylation sites is 1. The normalized spacial score (nSPS) is 13.6. The van der Waals surface area contributed by atoms with E-state index in [1.807, 2.05) is 12.3 Å². The number of nitrogens with zero attached hydrogens (tertiary/aromatic N) is 1. The Hall–Kier alpha value is -1.45. The molecule has 1 unspecified atom stereocenters. The van der Waals surface area contributed by atoms with Crippen molar-refractivity contribution in [3.63, 3.8) is 0 Å². The molecular weight excluding hydrogens is 248 g/mol. The third-order valence-electron chi connectivity index (χ3n) is 3.74. The van der Waals surface area contributed by atoms with E-state index in [1.165, 1.54) is 10.9 Å². The molecule has 0 spiro atoms. The molecule has 1 aromatic carbocycles. The van der Waals surface area contributed by atoms with E-state index in [1.54, 1.807) is 7.11 Å². The molecule has 0 saturated heterocycles. The summed E-state index contributed by atoms with van der Waals surface area (Å²) in [4.78, 5) is 4.56. The summed E-state index contributed by atoms with van der Waals surface area (Å²) in [6.45, 7) is 7.30. The first-order chi connectivity index (χ1) is 9.57. The number of pyridine rings is 1. The van der Waals surface area contributed by atoms with Gasteiger partial charge in [0.25, 0.3) is 0 Å². The fourth-order valence-electron chi connectivity index (χ4n) is 2.52. The lowest BCUT2D eigenvalue weighted by Gasteiger charge is -2.29. The summed E-state index contributed by atoms with van der Waals surface area (Å²) >= 11 is 0. The van der Waals surface area contributed by atoms with Crippen LogP contribution in [0, 0.1) is 0 Å². The number of benzene rings is 1. The molecule has 1 atom stereocenters. The molecule has 0 aliphatic heterocycles. The Bertz CT molecular complexity index is 560. The van der Waals surface area contributed by atoms with E-state index in [9.17, 15) is 0 Å². The van der Waals surface area contributed by atoms with Gasteiger partial charge in [-0.3, -0.25) is 4.98 Å². The highest BCUT2D eigenvalue weighted by atomic mass is 16.5. The van der Waals surface area contributed by atoms with E-state index in [0.29, 0.717) is 0 Å². The molecule has 0 fully saturated rings. The number of aromatic nitrogens is 1. The minimum absolute atomic E-state index is 0.163. The molecule has 0 aliphatic carbocycles. The lowest BCUT2D eigenvalue weighted by atomic mass is 9.92. The second-order valence-corrected chi connectivity index (χ2v) is 5.70. The Morgan fingerprint density at radius 3 is 2.70 bits per heavy atom. The van der Waals surface area contributed by atoms with Gasteiger partial charge in [0.2, 0.25) is 0 Å². The van der Waals surface area contributed by atoms with Crippen LogP contribution >= 0.6 is 0 Å². The molecule has 1 N–H and O–H groups in total. The number of rotatable bonds is 6. The molecule has 1 heterocycles. The second-order valence-electron chi connectivity index (χ2n) is 5.70. The van der Waals surface area contributed by atoms with Gasteiger partial charge < -0.3 is 10.1 Å². The summed E-state index contributed by atoms with van der Waals surface area (Å²) in [6.07, 6.45) is 2.77. The molecule has 1 aromatic heterocycles. The SMILES string of the molecule is CCNC(CC(C)(C)OC)c1cccc2cccnc12. The Kier molecular flexibility index (Phi) is 4.73. The maximum absolute atomic E-state index is 5.59. The van der Waals surface area contributed by atoms with Crippen LogP contribution in [0.1, 0.15) is 38.8 Å². The summed E-state index contributed by atoms with van der Waals surface area (Å²) in [5, 5.41) is 4.74. The molecule has 3 nitrogen and oxygen atoms in total. The van der Waals surface area contributed by atoms with Crippen LogP contribution in [0.4, 0.5) is 0 Å². The molecule has 3 heteroatoms. The summed E-state index contributed by atoms with van der Waals surface area (Å²) in [6, 6.07) is 10.7. The molecule has 108 valence electrons. The molecule has 2 rings (SSSR count). The standard InChI is InChI=1S/C17H24N2O/c1-5-18-15(12-17(2,3)20-4)14-10-6-8-13-9-7-11-19-16(13)14/h6-11,15,18H,5,12H2,1-4H3. The van der Waals surface area contributed by atoms with Crippen molar-refractivity contribution in [1.29, 1.82) is 0 Å². The zero-order valence-electron chi connectivity index (χ0n) is 12.8. The maximum Gasteiger partial charge on any atom is 0.0749 e. The van der Waals surface area contributed by atoms with E-state index in [4.69, 9.17) is 4.74 Å². The summed E-state index contributed by atoms with van der Waals surface area (Å²) in [5.74, 6) is 0. The van der Waals surface area contributed by atoms with E-state index < -0.39 is 0 Å². The van der Waals surface area contributed by atoms with Crippen LogP contribution in [0.2, 0.25) is 0 Å². The van der Waals surface area contributed by atoms with Gasteiger partial charge in [-0.15, -0.1) is 0 Å². The lowest BCUT2D eigenvalue weighted by molar-refractivity contribution is 0.00708. The van der Waals surface area contributed by atoms with Gasteiger partial charge >= 0.3 is 0 Å². The Balaban J connectivity index is 2.41. The molecule has 0 saturated carbocycles. The fourth-order valence-corrected chi connectivity index (χ4v) is 2.52. The Labute approximate surface area is 121 Å². The third-order valence-corrected chi connectivity index (χ3v) is 3.74. The van der Waals surface area contributed by atoms with Crippen molar-refractivity contribution in [2.75, 3.05) is 13.7 Å². The molecule has 0 radical (unpaired) electrons. The average molecular weight is 272 g/mol. The molecule has 0 bridgehead atoms.